The number of aliphatic hydroxyl groups is 1. The molecule has 0 heterocycles. The fourth-order valence-electron chi connectivity index (χ4n) is 2.75. The maximum atomic E-state index is 11.8. The molecule has 2 N–H and O–H groups in total. The van der Waals surface area contributed by atoms with Gasteiger partial charge < -0.3 is 15.2 Å². The van der Waals surface area contributed by atoms with Crippen LogP contribution in [0.15, 0.2) is 30.3 Å². The van der Waals surface area contributed by atoms with Crippen LogP contribution in [0.2, 0.25) is 0 Å². The van der Waals surface area contributed by atoms with Gasteiger partial charge in [-0.2, -0.15) is 0 Å². The lowest BCUT2D eigenvalue weighted by molar-refractivity contribution is -0.123. The lowest BCUT2D eigenvalue weighted by atomic mass is 10.2. The molecule has 0 aliphatic heterocycles. The van der Waals surface area contributed by atoms with E-state index in [0.29, 0.717) is 12.3 Å². The fraction of sp³-hybridized carbons (Fsp3) is 0.562. The molecule has 3 rings (SSSR count). The second-order valence-corrected chi connectivity index (χ2v) is 5.86. The van der Waals surface area contributed by atoms with Gasteiger partial charge in [0, 0.05) is 6.42 Å². The molecule has 20 heavy (non-hydrogen) atoms. The van der Waals surface area contributed by atoms with Crippen LogP contribution >= 0.6 is 0 Å². The van der Waals surface area contributed by atoms with Crippen molar-refractivity contribution in [2.24, 2.45) is 5.92 Å². The predicted octanol–water partition coefficient (Wildman–Crippen LogP) is 1.87. The topological polar surface area (TPSA) is 58.6 Å². The summed E-state index contributed by atoms with van der Waals surface area (Å²) in [5, 5.41) is 13.2. The Balaban J connectivity index is 1.51. The lowest BCUT2D eigenvalue weighted by Gasteiger charge is -2.21. The first kappa shape index (κ1) is 13.4. The summed E-state index contributed by atoms with van der Waals surface area (Å²) in [5.74, 6) is 1.41. The molecule has 1 aromatic carbocycles. The normalized spacial score (nSPS) is 29.1. The van der Waals surface area contributed by atoms with Crippen LogP contribution in [0.4, 0.5) is 0 Å². The molecule has 3 atom stereocenters. The SMILES string of the molecule is O=C(CC1CC1)N[C@@H]1CC[C@@H](Oc2ccccc2)[C@@H]1O. The molecular formula is C16H21NO3. The number of para-hydroxylation sites is 1. The summed E-state index contributed by atoms with van der Waals surface area (Å²) in [6.45, 7) is 0. The molecule has 0 spiro atoms. The quantitative estimate of drug-likeness (QED) is 0.862. The van der Waals surface area contributed by atoms with Crippen molar-refractivity contribution in [3.63, 3.8) is 0 Å². The van der Waals surface area contributed by atoms with Gasteiger partial charge in [0.1, 0.15) is 18.0 Å². The number of benzene rings is 1. The molecule has 1 aromatic rings. The monoisotopic (exact) mass is 275 g/mol. The van der Waals surface area contributed by atoms with E-state index < -0.39 is 6.10 Å². The van der Waals surface area contributed by atoms with Gasteiger partial charge in [0.25, 0.3) is 0 Å². The van der Waals surface area contributed by atoms with Crippen molar-refractivity contribution in [3.05, 3.63) is 30.3 Å². The predicted molar refractivity (Wildman–Crippen MR) is 75.4 cm³/mol. The number of nitrogens with one attached hydrogen (secondary N) is 1. The van der Waals surface area contributed by atoms with E-state index in [4.69, 9.17) is 4.74 Å². The fourth-order valence-corrected chi connectivity index (χ4v) is 2.75. The zero-order valence-corrected chi connectivity index (χ0v) is 11.5. The summed E-state index contributed by atoms with van der Waals surface area (Å²) in [6.07, 6.45) is 3.62. The molecule has 0 aromatic heterocycles. The van der Waals surface area contributed by atoms with Crippen LogP contribution in [0.25, 0.3) is 0 Å². The van der Waals surface area contributed by atoms with Gasteiger partial charge in [-0.3, -0.25) is 4.79 Å². The van der Waals surface area contributed by atoms with E-state index in [0.717, 1.165) is 18.6 Å². The van der Waals surface area contributed by atoms with Gasteiger partial charge in [0.2, 0.25) is 5.91 Å². The van der Waals surface area contributed by atoms with Crippen LogP contribution in [0.1, 0.15) is 32.1 Å². The number of amides is 1. The van der Waals surface area contributed by atoms with Gasteiger partial charge in [0.05, 0.1) is 6.04 Å². The van der Waals surface area contributed by atoms with Crippen LogP contribution in [0.3, 0.4) is 0 Å². The van der Waals surface area contributed by atoms with Crippen LogP contribution in [0.5, 0.6) is 5.75 Å². The standard InChI is InChI=1S/C16H21NO3/c18-15(10-11-6-7-11)17-13-8-9-14(16(13)19)20-12-4-2-1-3-5-12/h1-5,11,13-14,16,19H,6-10H2,(H,17,18)/t13-,14-,16-/m1/s1. The van der Waals surface area contributed by atoms with Crippen molar-refractivity contribution in [1.29, 1.82) is 0 Å². The van der Waals surface area contributed by atoms with Gasteiger partial charge in [-0.1, -0.05) is 18.2 Å². The molecule has 4 heteroatoms. The molecule has 0 saturated heterocycles. The number of carbonyl (C=O) groups is 1. The van der Waals surface area contributed by atoms with Gasteiger partial charge in [-0.25, -0.2) is 0 Å². The number of rotatable bonds is 5. The minimum absolute atomic E-state index is 0.0666. The Kier molecular flexibility index (Phi) is 3.92. The molecule has 0 unspecified atom stereocenters. The minimum Gasteiger partial charge on any atom is -0.488 e. The lowest BCUT2D eigenvalue weighted by Crippen LogP contribution is -2.44. The number of aliphatic hydroxyl groups excluding tert-OH is 1. The third-order valence-electron chi connectivity index (χ3n) is 4.10. The Morgan fingerprint density at radius 1 is 1.20 bits per heavy atom. The molecule has 2 aliphatic carbocycles. The third-order valence-corrected chi connectivity index (χ3v) is 4.10. The first-order valence-electron chi connectivity index (χ1n) is 7.41. The van der Waals surface area contributed by atoms with E-state index in [-0.39, 0.29) is 18.1 Å². The Morgan fingerprint density at radius 3 is 2.65 bits per heavy atom. The van der Waals surface area contributed by atoms with Crippen LogP contribution in [-0.2, 0) is 4.79 Å². The molecule has 0 radical (unpaired) electrons. The van der Waals surface area contributed by atoms with Crippen molar-refractivity contribution in [2.45, 2.75) is 50.4 Å². The second-order valence-electron chi connectivity index (χ2n) is 5.86. The van der Waals surface area contributed by atoms with Crippen LogP contribution < -0.4 is 10.1 Å². The largest absolute Gasteiger partial charge is 0.488 e. The maximum Gasteiger partial charge on any atom is 0.220 e. The average molecular weight is 275 g/mol. The molecule has 2 saturated carbocycles. The smallest absolute Gasteiger partial charge is 0.220 e. The van der Waals surface area contributed by atoms with E-state index in [1.807, 2.05) is 30.3 Å². The van der Waals surface area contributed by atoms with E-state index in [9.17, 15) is 9.90 Å². The molecule has 0 bridgehead atoms. The number of hydrogen-bond acceptors (Lipinski definition) is 3. The highest BCUT2D eigenvalue weighted by molar-refractivity contribution is 5.76. The van der Waals surface area contributed by atoms with Gasteiger partial charge in [-0.15, -0.1) is 0 Å². The third kappa shape index (κ3) is 3.31. The van der Waals surface area contributed by atoms with Crippen molar-refractivity contribution in [3.8, 4) is 5.75 Å². The number of hydrogen-bond donors (Lipinski definition) is 2. The van der Waals surface area contributed by atoms with Crippen molar-refractivity contribution >= 4 is 5.91 Å². The van der Waals surface area contributed by atoms with E-state index >= 15 is 0 Å². The van der Waals surface area contributed by atoms with Crippen LogP contribution in [-0.4, -0.2) is 29.3 Å². The molecule has 108 valence electrons. The molecule has 2 fully saturated rings. The Morgan fingerprint density at radius 2 is 1.95 bits per heavy atom. The van der Waals surface area contributed by atoms with Crippen LogP contribution in [0, 0.1) is 5.92 Å². The summed E-state index contributed by atoms with van der Waals surface area (Å²) < 4.78 is 5.79. The highest BCUT2D eigenvalue weighted by atomic mass is 16.5. The minimum atomic E-state index is -0.627. The number of ether oxygens (including phenoxy) is 1. The molecule has 4 nitrogen and oxygen atoms in total. The first-order chi connectivity index (χ1) is 9.72. The summed E-state index contributed by atoms with van der Waals surface area (Å²) in [5.41, 5.74) is 0. The molecule has 1 amide bonds. The maximum absolute atomic E-state index is 11.8. The Bertz CT molecular complexity index is 458. The van der Waals surface area contributed by atoms with Crippen molar-refractivity contribution in [2.75, 3.05) is 0 Å². The number of carbonyl (C=O) groups excluding carboxylic acids is 1. The van der Waals surface area contributed by atoms with Gasteiger partial charge in [-0.05, 0) is 43.7 Å². The first-order valence-corrected chi connectivity index (χ1v) is 7.41. The Labute approximate surface area is 119 Å². The van der Waals surface area contributed by atoms with Crippen molar-refractivity contribution < 1.29 is 14.6 Å². The van der Waals surface area contributed by atoms with Crippen molar-refractivity contribution in [1.82, 2.24) is 5.32 Å². The van der Waals surface area contributed by atoms with E-state index in [2.05, 4.69) is 5.32 Å². The summed E-state index contributed by atoms with van der Waals surface area (Å²) in [4.78, 5) is 11.8. The summed E-state index contributed by atoms with van der Waals surface area (Å²) in [7, 11) is 0. The molecule has 2 aliphatic rings. The highest BCUT2D eigenvalue weighted by Gasteiger charge is 2.37. The van der Waals surface area contributed by atoms with E-state index in [1.165, 1.54) is 12.8 Å². The zero-order chi connectivity index (χ0) is 13.9. The average Bonchev–Trinajstić information content (AvgIpc) is 3.20. The Hall–Kier alpha value is -1.55. The second kappa shape index (κ2) is 5.83. The summed E-state index contributed by atoms with van der Waals surface area (Å²) >= 11 is 0. The molecular weight excluding hydrogens is 254 g/mol. The van der Waals surface area contributed by atoms with Gasteiger partial charge in [0.15, 0.2) is 0 Å². The summed E-state index contributed by atoms with van der Waals surface area (Å²) in [6, 6.07) is 9.34. The highest BCUT2D eigenvalue weighted by Crippen LogP contribution is 2.32. The zero-order valence-electron chi connectivity index (χ0n) is 11.5. The van der Waals surface area contributed by atoms with Gasteiger partial charge >= 0.3 is 0 Å². The van der Waals surface area contributed by atoms with E-state index in [1.54, 1.807) is 0 Å².